The van der Waals surface area contributed by atoms with E-state index in [4.69, 9.17) is 10.7 Å². The summed E-state index contributed by atoms with van der Waals surface area (Å²) in [6.07, 6.45) is 1.18. The van der Waals surface area contributed by atoms with Crippen molar-refractivity contribution in [2.24, 2.45) is 5.92 Å². The number of benzene rings is 1. The number of fused-ring (bicyclic) bond motifs is 1. The molecule has 2 aromatic rings. The predicted octanol–water partition coefficient (Wildman–Crippen LogP) is 3.79. The zero-order valence-corrected chi connectivity index (χ0v) is 11.8. The van der Waals surface area contributed by atoms with Crippen molar-refractivity contribution in [2.45, 2.75) is 46.6 Å². The Balaban J connectivity index is 2.48. The maximum atomic E-state index is 5.83. The van der Waals surface area contributed by atoms with Gasteiger partial charge in [0.25, 0.3) is 0 Å². The molecule has 0 unspecified atom stereocenters. The number of aromatic nitrogens is 2. The number of hydrogen-bond acceptors (Lipinski definition) is 2. The Morgan fingerprint density at radius 3 is 2.56 bits per heavy atom. The number of nitrogens with zero attached hydrogens (tertiary/aromatic N) is 2. The van der Waals surface area contributed by atoms with E-state index in [9.17, 15) is 0 Å². The maximum Gasteiger partial charge on any atom is 0.112 e. The number of nitrogens with two attached hydrogens (primary N) is 1. The topological polar surface area (TPSA) is 43.8 Å². The van der Waals surface area contributed by atoms with Gasteiger partial charge in [-0.05, 0) is 30.5 Å². The van der Waals surface area contributed by atoms with E-state index in [-0.39, 0.29) is 0 Å². The molecular formula is C15H23N3. The second-order valence-corrected chi connectivity index (χ2v) is 5.71. The summed E-state index contributed by atoms with van der Waals surface area (Å²) in [6, 6.07) is 6.01. The smallest absolute Gasteiger partial charge is 0.112 e. The summed E-state index contributed by atoms with van der Waals surface area (Å²) in [5.41, 5.74) is 8.83. The first kappa shape index (κ1) is 12.9. The number of aryl methyl sites for hydroxylation is 1. The first-order chi connectivity index (χ1) is 8.49. The van der Waals surface area contributed by atoms with E-state index in [0.717, 1.165) is 23.6 Å². The summed E-state index contributed by atoms with van der Waals surface area (Å²) >= 11 is 0. The lowest BCUT2D eigenvalue weighted by molar-refractivity contribution is 0.506. The molecule has 1 aromatic heterocycles. The Kier molecular flexibility index (Phi) is 3.60. The highest BCUT2D eigenvalue weighted by molar-refractivity contribution is 5.79. The van der Waals surface area contributed by atoms with Gasteiger partial charge in [-0.2, -0.15) is 0 Å². The molecule has 0 spiro atoms. The molecule has 0 radical (unpaired) electrons. The molecule has 0 aliphatic rings. The Labute approximate surface area is 109 Å². The number of anilines is 1. The highest BCUT2D eigenvalue weighted by Crippen LogP contribution is 2.24. The molecule has 0 atom stereocenters. The quantitative estimate of drug-likeness (QED) is 0.833. The Morgan fingerprint density at radius 2 is 1.94 bits per heavy atom. The second-order valence-electron chi connectivity index (χ2n) is 5.71. The fourth-order valence-electron chi connectivity index (χ4n) is 2.23. The summed E-state index contributed by atoms with van der Waals surface area (Å²) in [5, 5.41) is 0. The number of rotatable bonds is 4. The van der Waals surface area contributed by atoms with Crippen molar-refractivity contribution in [2.75, 3.05) is 5.73 Å². The third-order valence-corrected chi connectivity index (χ3v) is 3.25. The fraction of sp³-hybridized carbons (Fsp3) is 0.533. The third-order valence-electron chi connectivity index (χ3n) is 3.25. The lowest BCUT2D eigenvalue weighted by Gasteiger charge is -2.12. The Bertz CT molecular complexity index is 538. The molecule has 2 N–H and O–H groups in total. The molecule has 0 amide bonds. The minimum atomic E-state index is 0.436. The van der Waals surface area contributed by atoms with Crippen molar-refractivity contribution >= 4 is 16.7 Å². The van der Waals surface area contributed by atoms with E-state index < -0.39 is 0 Å². The van der Waals surface area contributed by atoms with Gasteiger partial charge in [0.05, 0.1) is 11.0 Å². The van der Waals surface area contributed by atoms with Gasteiger partial charge in [-0.25, -0.2) is 4.98 Å². The summed E-state index contributed by atoms with van der Waals surface area (Å²) in [7, 11) is 0. The SMILES string of the molecule is CC(C)CCn1c(C(C)C)nc2cc(N)ccc21. The number of nitrogen functional groups attached to an aromatic ring is 1. The molecule has 0 bridgehead atoms. The van der Waals surface area contributed by atoms with Gasteiger partial charge in [0.1, 0.15) is 5.82 Å². The van der Waals surface area contributed by atoms with Crippen LogP contribution in [-0.4, -0.2) is 9.55 Å². The van der Waals surface area contributed by atoms with Crippen molar-refractivity contribution in [3.8, 4) is 0 Å². The lowest BCUT2D eigenvalue weighted by Crippen LogP contribution is -2.07. The van der Waals surface area contributed by atoms with Gasteiger partial charge in [0, 0.05) is 18.2 Å². The highest BCUT2D eigenvalue weighted by Gasteiger charge is 2.13. The van der Waals surface area contributed by atoms with E-state index >= 15 is 0 Å². The van der Waals surface area contributed by atoms with E-state index in [1.165, 1.54) is 11.9 Å². The van der Waals surface area contributed by atoms with Crippen LogP contribution in [0, 0.1) is 5.92 Å². The van der Waals surface area contributed by atoms with Crippen molar-refractivity contribution in [3.05, 3.63) is 24.0 Å². The van der Waals surface area contributed by atoms with Crippen LogP contribution in [0.25, 0.3) is 11.0 Å². The van der Waals surface area contributed by atoms with Crippen molar-refractivity contribution in [3.63, 3.8) is 0 Å². The van der Waals surface area contributed by atoms with Gasteiger partial charge in [-0.15, -0.1) is 0 Å². The third kappa shape index (κ3) is 2.50. The summed E-state index contributed by atoms with van der Waals surface area (Å²) in [5.74, 6) is 2.30. The first-order valence-corrected chi connectivity index (χ1v) is 6.74. The van der Waals surface area contributed by atoms with Gasteiger partial charge < -0.3 is 10.3 Å². The monoisotopic (exact) mass is 245 g/mol. The summed E-state index contributed by atoms with van der Waals surface area (Å²) in [4.78, 5) is 4.73. The zero-order chi connectivity index (χ0) is 13.3. The molecule has 2 rings (SSSR count). The minimum Gasteiger partial charge on any atom is -0.399 e. The van der Waals surface area contributed by atoms with Crippen LogP contribution in [-0.2, 0) is 6.54 Å². The summed E-state index contributed by atoms with van der Waals surface area (Å²) in [6.45, 7) is 9.93. The van der Waals surface area contributed by atoms with Crippen LogP contribution in [0.15, 0.2) is 18.2 Å². The van der Waals surface area contributed by atoms with Gasteiger partial charge >= 0.3 is 0 Å². The molecule has 0 saturated heterocycles. The molecule has 1 heterocycles. The Hall–Kier alpha value is -1.51. The molecule has 0 aliphatic heterocycles. The minimum absolute atomic E-state index is 0.436. The summed E-state index contributed by atoms with van der Waals surface area (Å²) < 4.78 is 2.35. The van der Waals surface area contributed by atoms with Crippen LogP contribution in [0.2, 0.25) is 0 Å². The van der Waals surface area contributed by atoms with Crippen LogP contribution in [0.1, 0.15) is 45.9 Å². The largest absolute Gasteiger partial charge is 0.399 e. The van der Waals surface area contributed by atoms with Crippen molar-refractivity contribution in [1.82, 2.24) is 9.55 Å². The van der Waals surface area contributed by atoms with Crippen LogP contribution < -0.4 is 5.73 Å². The van der Waals surface area contributed by atoms with E-state index in [2.05, 4.69) is 38.3 Å². The average Bonchev–Trinajstić information content (AvgIpc) is 2.64. The van der Waals surface area contributed by atoms with E-state index in [1.807, 2.05) is 12.1 Å². The van der Waals surface area contributed by atoms with Gasteiger partial charge in [-0.3, -0.25) is 0 Å². The standard InChI is InChI=1S/C15H23N3/c1-10(2)7-8-18-14-6-5-12(16)9-13(14)17-15(18)11(3)4/h5-6,9-11H,7-8,16H2,1-4H3. The maximum absolute atomic E-state index is 5.83. The van der Waals surface area contributed by atoms with Gasteiger partial charge in [-0.1, -0.05) is 27.7 Å². The molecule has 18 heavy (non-hydrogen) atoms. The van der Waals surface area contributed by atoms with Crippen molar-refractivity contribution in [1.29, 1.82) is 0 Å². The van der Waals surface area contributed by atoms with E-state index in [0.29, 0.717) is 11.8 Å². The molecule has 0 aliphatic carbocycles. The molecule has 3 heteroatoms. The highest BCUT2D eigenvalue weighted by atomic mass is 15.1. The van der Waals surface area contributed by atoms with Crippen LogP contribution in [0.5, 0.6) is 0 Å². The van der Waals surface area contributed by atoms with Gasteiger partial charge in [0.15, 0.2) is 0 Å². The van der Waals surface area contributed by atoms with Crippen LogP contribution >= 0.6 is 0 Å². The average molecular weight is 245 g/mol. The number of hydrogen-bond donors (Lipinski definition) is 1. The molecule has 0 fully saturated rings. The second kappa shape index (κ2) is 5.01. The molecular weight excluding hydrogens is 222 g/mol. The lowest BCUT2D eigenvalue weighted by atomic mass is 10.1. The van der Waals surface area contributed by atoms with E-state index in [1.54, 1.807) is 0 Å². The normalized spacial score (nSPS) is 11.9. The fourth-order valence-corrected chi connectivity index (χ4v) is 2.23. The van der Waals surface area contributed by atoms with Crippen molar-refractivity contribution < 1.29 is 0 Å². The molecule has 98 valence electrons. The predicted molar refractivity (Wildman–Crippen MR) is 77.7 cm³/mol. The van der Waals surface area contributed by atoms with Crippen LogP contribution in [0.3, 0.4) is 0 Å². The first-order valence-electron chi connectivity index (χ1n) is 6.74. The Morgan fingerprint density at radius 1 is 1.22 bits per heavy atom. The van der Waals surface area contributed by atoms with Crippen LogP contribution in [0.4, 0.5) is 5.69 Å². The number of imidazole rings is 1. The molecule has 1 aromatic carbocycles. The molecule has 3 nitrogen and oxygen atoms in total. The zero-order valence-electron chi connectivity index (χ0n) is 11.8. The molecule has 0 saturated carbocycles. The van der Waals surface area contributed by atoms with Gasteiger partial charge in [0.2, 0.25) is 0 Å².